The van der Waals surface area contributed by atoms with E-state index in [-0.39, 0.29) is 0 Å². The van der Waals surface area contributed by atoms with Crippen LogP contribution in [0.25, 0.3) is 0 Å². The quantitative estimate of drug-likeness (QED) is 0.463. The normalized spacial score (nSPS) is 14.1. The van der Waals surface area contributed by atoms with Gasteiger partial charge in [0.25, 0.3) is 0 Å². The van der Waals surface area contributed by atoms with Crippen molar-refractivity contribution in [2.24, 2.45) is 0 Å². The lowest BCUT2D eigenvalue weighted by Gasteiger charge is -2.05. The largest absolute Gasteiger partial charge is 0.467 e. The van der Waals surface area contributed by atoms with Crippen LogP contribution < -0.4 is 0 Å². The molecule has 0 bridgehead atoms. The molecule has 0 saturated carbocycles. The van der Waals surface area contributed by atoms with E-state index in [9.17, 15) is 13.2 Å². The van der Waals surface area contributed by atoms with Crippen LogP contribution in [-0.2, 0) is 24.1 Å². The molecule has 0 aromatic rings. The van der Waals surface area contributed by atoms with Gasteiger partial charge in [0.1, 0.15) is 0 Å². The van der Waals surface area contributed by atoms with Crippen LogP contribution >= 0.6 is 0 Å². The molecular weight excluding hydrogens is 176 g/mol. The SMILES string of the molecule is COC(=O)C(C)OS(=O)(=O)O. The number of esters is 1. The Morgan fingerprint density at radius 1 is 1.55 bits per heavy atom. The molecule has 0 fully saturated rings. The third-order valence-electron chi connectivity index (χ3n) is 0.799. The van der Waals surface area contributed by atoms with Crippen molar-refractivity contribution in [1.29, 1.82) is 0 Å². The molecule has 0 rings (SSSR count). The van der Waals surface area contributed by atoms with Gasteiger partial charge in [0, 0.05) is 0 Å². The molecule has 7 heteroatoms. The van der Waals surface area contributed by atoms with E-state index in [0.29, 0.717) is 0 Å². The summed E-state index contributed by atoms with van der Waals surface area (Å²) in [6, 6.07) is 0. The molecule has 0 aromatic heterocycles. The van der Waals surface area contributed by atoms with Crippen molar-refractivity contribution in [3.05, 3.63) is 0 Å². The Labute approximate surface area is 64.1 Å². The molecule has 1 N–H and O–H groups in total. The van der Waals surface area contributed by atoms with Crippen molar-refractivity contribution in [3.8, 4) is 0 Å². The fraction of sp³-hybridized carbons (Fsp3) is 0.750. The summed E-state index contributed by atoms with van der Waals surface area (Å²) in [7, 11) is -3.50. The lowest BCUT2D eigenvalue weighted by Crippen LogP contribution is -2.24. The van der Waals surface area contributed by atoms with Crippen molar-refractivity contribution in [2.75, 3.05) is 7.11 Å². The van der Waals surface area contributed by atoms with Gasteiger partial charge in [0.2, 0.25) is 0 Å². The third kappa shape index (κ3) is 4.71. The van der Waals surface area contributed by atoms with Crippen LogP contribution in [0.3, 0.4) is 0 Å². The van der Waals surface area contributed by atoms with Gasteiger partial charge in [-0.25, -0.2) is 8.98 Å². The summed E-state index contributed by atoms with van der Waals surface area (Å²) in [6.07, 6.45) is -1.32. The summed E-state index contributed by atoms with van der Waals surface area (Å²) in [5.74, 6) is -0.873. The van der Waals surface area contributed by atoms with Crippen LogP contribution in [0.4, 0.5) is 0 Å². The zero-order valence-electron chi connectivity index (χ0n) is 5.97. The van der Waals surface area contributed by atoms with Crippen LogP contribution in [0.5, 0.6) is 0 Å². The van der Waals surface area contributed by atoms with Crippen LogP contribution in [0.15, 0.2) is 0 Å². The molecule has 0 aliphatic rings. The third-order valence-corrected chi connectivity index (χ3v) is 1.33. The van der Waals surface area contributed by atoms with Gasteiger partial charge in [-0.2, -0.15) is 8.42 Å². The molecular formula is C4H8O6S. The Hall–Kier alpha value is -0.660. The van der Waals surface area contributed by atoms with E-state index in [1.807, 2.05) is 0 Å². The molecule has 1 unspecified atom stereocenters. The standard InChI is InChI=1S/C4H8O6S/c1-3(4(5)9-2)10-11(6,7)8/h3H,1-2H3,(H,6,7,8). The highest BCUT2D eigenvalue weighted by Crippen LogP contribution is 1.97. The summed E-state index contributed by atoms with van der Waals surface area (Å²) in [5.41, 5.74) is 0. The molecule has 0 radical (unpaired) electrons. The zero-order valence-corrected chi connectivity index (χ0v) is 6.79. The first-order valence-electron chi connectivity index (χ1n) is 2.60. The predicted octanol–water partition coefficient (Wildman–Crippen LogP) is -0.633. The highest BCUT2D eigenvalue weighted by atomic mass is 32.3. The van der Waals surface area contributed by atoms with E-state index in [2.05, 4.69) is 8.92 Å². The fourth-order valence-corrected chi connectivity index (χ4v) is 0.831. The minimum atomic E-state index is -4.58. The monoisotopic (exact) mass is 184 g/mol. The second kappa shape index (κ2) is 3.65. The van der Waals surface area contributed by atoms with Crippen LogP contribution in [-0.4, -0.2) is 32.2 Å². The van der Waals surface area contributed by atoms with E-state index < -0.39 is 22.5 Å². The zero-order chi connectivity index (χ0) is 9.07. The van der Waals surface area contributed by atoms with Crippen LogP contribution in [0.2, 0.25) is 0 Å². The molecule has 0 spiro atoms. The van der Waals surface area contributed by atoms with Gasteiger partial charge in [-0.3, -0.25) is 4.55 Å². The summed E-state index contributed by atoms with van der Waals surface area (Å²) in [5, 5.41) is 0. The average molecular weight is 184 g/mol. The summed E-state index contributed by atoms with van der Waals surface area (Å²) >= 11 is 0. The topological polar surface area (TPSA) is 89.9 Å². The Morgan fingerprint density at radius 3 is 2.27 bits per heavy atom. The highest BCUT2D eigenvalue weighted by Gasteiger charge is 2.19. The number of hydrogen-bond donors (Lipinski definition) is 1. The molecule has 0 amide bonds. The Bertz CT molecular complexity index is 229. The molecule has 0 aromatic carbocycles. The van der Waals surface area contributed by atoms with Crippen molar-refractivity contribution < 1.29 is 26.7 Å². The first kappa shape index (κ1) is 10.3. The van der Waals surface area contributed by atoms with Crippen molar-refractivity contribution >= 4 is 16.4 Å². The van der Waals surface area contributed by atoms with E-state index >= 15 is 0 Å². The Kier molecular flexibility index (Phi) is 3.43. The Morgan fingerprint density at radius 2 is 2.00 bits per heavy atom. The molecule has 6 nitrogen and oxygen atoms in total. The van der Waals surface area contributed by atoms with E-state index in [1.54, 1.807) is 0 Å². The summed E-state index contributed by atoms with van der Waals surface area (Å²) in [6.45, 7) is 1.14. The number of rotatable bonds is 3. The Balaban J connectivity index is 4.09. The molecule has 0 heterocycles. The lowest BCUT2D eigenvalue weighted by molar-refractivity contribution is -0.148. The van der Waals surface area contributed by atoms with E-state index in [0.717, 1.165) is 14.0 Å². The van der Waals surface area contributed by atoms with Gasteiger partial charge in [0.05, 0.1) is 7.11 Å². The second-order valence-corrected chi connectivity index (χ2v) is 2.74. The summed E-state index contributed by atoms with van der Waals surface area (Å²) in [4.78, 5) is 10.5. The first-order chi connectivity index (χ1) is 4.87. The number of methoxy groups -OCH3 is 1. The lowest BCUT2D eigenvalue weighted by atomic mass is 10.4. The summed E-state index contributed by atoms with van der Waals surface area (Å²) < 4.78 is 36.0. The smallest absolute Gasteiger partial charge is 0.398 e. The first-order valence-corrected chi connectivity index (χ1v) is 3.97. The second-order valence-electron chi connectivity index (χ2n) is 1.69. The fourth-order valence-electron chi connectivity index (χ4n) is 0.388. The van der Waals surface area contributed by atoms with Gasteiger partial charge in [0.15, 0.2) is 6.10 Å². The molecule has 0 saturated heterocycles. The van der Waals surface area contributed by atoms with E-state index in [4.69, 9.17) is 4.55 Å². The van der Waals surface area contributed by atoms with Crippen LogP contribution in [0, 0.1) is 0 Å². The van der Waals surface area contributed by atoms with E-state index in [1.165, 1.54) is 0 Å². The molecule has 0 aliphatic heterocycles. The van der Waals surface area contributed by atoms with Crippen molar-refractivity contribution in [3.63, 3.8) is 0 Å². The maximum Gasteiger partial charge on any atom is 0.398 e. The van der Waals surface area contributed by atoms with Gasteiger partial charge < -0.3 is 4.74 Å². The maximum absolute atomic E-state index is 10.5. The van der Waals surface area contributed by atoms with Crippen LogP contribution in [0.1, 0.15) is 6.92 Å². The number of carbonyl (C=O) groups excluding carboxylic acids is 1. The molecule has 0 aliphatic carbocycles. The van der Waals surface area contributed by atoms with Crippen molar-refractivity contribution in [1.82, 2.24) is 0 Å². The minimum Gasteiger partial charge on any atom is -0.467 e. The minimum absolute atomic E-state index is 0.873. The molecule has 11 heavy (non-hydrogen) atoms. The number of ether oxygens (including phenoxy) is 1. The number of carbonyl (C=O) groups is 1. The maximum atomic E-state index is 10.5. The average Bonchev–Trinajstić information content (AvgIpc) is 1.82. The van der Waals surface area contributed by atoms with Gasteiger partial charge >= 0.3 is 16.4 Å². The predicted molar refractivity (Wildman–Crippen MR) is 34.1 cm³/mol. The highest BCUT2D eigenvalue weighted by molar-refractivity contribution is 7.80. The molecule has 1 atom stereocenters. The van der Waals surface area contributed by atoms with Gasteiger partial charge in [-0.1, -0.05) is 0 Å². The molecule has 66 valence electrons. The van der Waals surface area contributed by atoms with Crippen molar-refractivity contribution in [2.45, 2.75) is 13.0 Å². The van der Waals surface area contributed by atoms with Gasteiger partial charge in [-0.05, 0) is 6.92 Å². The number of hydrogen-bond acceptors (Lipinski definition) is 5. The van der Waals surface area contributed by atoms with Gasteiger partial charge in [-0.15, -0.1) is 0 Å².